The van der Waals surface area contributed by atoms with Gasteiger partial charge in [0.15, 0.2) is 5.65 Å². The van der Waals surface area contributed by atoms with Crippen LogP contribution in [0.5, 0.6) is 0 Å². The molecule has 0 N–H and O–H groups in total. The quantitative estimate of drug-likeness (QED) is 0.664. The second kappa shape index (κ2) is 4.38. The highest BCUT2D eigenvalue weighted by Crippen LogP contribution is 2.21. The summed E-state index contributed by atoms with van der Waals surface area (Å²) in [6.45, 7) is 2.13. The lowest BCUT2D eigenvalue weighted by atomic mass is 10.1. The molecule has 1 aromatic carbocycles. The number of benzene rings is 1. The summed E-state index contributed by atoms with van der Waals surface area (Å²) in [5.74, 6) is 0. The van der Waals surface area contributed by atoms with E-state index in [9.17, 15) is 0 Å². The van der Waals surface area contributed by atoms with Crippen LogP contribution in [-0.2, 0) is 6.42 Å². The minimum Gasteiger partial charge on any atom is -0.224 e. The topological polar surface area (TPSA) is 43.6 Å². The molecule has 0 atom stereocenters. The molecular weight excluding hydrogens is 248 g/mol. The third kappa shape index (κ3) is 1.75. The van der Waals surface area contributed by atoms with E-state index in [-0.39, 0.29) is 0 Å². The average molecular weight is 259 g/mol. The smallest absolute Gasteiger partial charge is 0.167 e. The van der Waals surface area contributed by atoms with E-state index in [1.807, 2.05) is 12.1 Å². The molecule has 3 rings (SSSR count). The van der Waals surface area contributed by atoms with Gasteiger partial charge < -0.3 is 0 Å². The van der Waals surface area contributed by atoms with Crippen LogP contribution in [0, 0.1) is 0 Å². The van der Waals surface area contributed by atoms with E-state index in [1.54, 1.807) is 10.9 Å². The van der Waals surface area contributed by atoms with Crippen molar-refractivity contribution in [3.63, 3.8) is 0 Å². The van der Waals surface area contributed by atoms with E-state index >= 15 is 0 Å². The minimum atomic E-state index is 0.427. The highest BCUT2D eigenvalue weighted by Gasteiger charge is 2.09. The van der Waals surface area contributed by atoms with Gasteiger partial charge in [0.05, 0.1) is 17.3 Å². The van der Waals surface area contributed by atoms with Crippen molar-refractivity contribution in [1.29, 1.82) is 0 Å². The van der Waals surface area contributed by atoms with Crippen LogP contribution in [0.3, 0.4) is 0 Å². The van der Waals surface area contributed by atoms with E-state index in [0.717, 1.165) is 23.1 Å². The normalized spacial score (nSPS) is 11.0. The minimum absolute atomic E-state index is 0.427. The van der Waals surface area contributed by atoms with Gasteiger partial charge in [0.1, 0.15) is 11.5 Å². The second-order valence-corrected chi connectivity index (χ2v) is 4.34. The Morgan fingerprint density at radius 1 is 1.17 bits per heavy atom. The summed E-state index contributed by atoms with van der Waals surface area (Å²) in [4.78, 5) is 8.17. The number of nitrogens with zero attached hydrogens (tertiary/aromatic N) is 4. The SMILES string of the molecule is CCc1ccc(-n2ncc3c(Cl)ncnc32)cc1. The zero-order chi connectivity index (χ0) is 12.5. The molecule has 0 aliphatic rings. The van der Waals surface area contributed by atoms with Crippen molar-refractivity contribution in [2.24, 2.45) is 0 Å². The number of hydrogen-bond donors (Lipinski definition) is 0. The molecule has 90 valence electrons. The van der Waals surface area contributed by atoms with Crippen molar-refractivity contribution in [3.05, 3.63) is 47.5 Å². The lowest BCUT2D eigenvalue weighted by Gasteiger charge is -2.03. The predicted octanol–water partition coefficient (Wildman–Crippen LogP) is 3.03. The van der Waals surface area contributed by atoms with Gasteiger partial charge in [0.2, 0.25) is 0 Å². The molecule has 0 amide bonds. The van der Waals surface area contributed by atoms with Crippen LogP contribution in [-0.4, -0.2) is 19.7 Å². The Morgan fingerprint density at radius 3 is 2.67 bits per heavy atom. The van der Waals surface area contributed by atoms with Crippen LogP contribution in [0.25, 0.3) is 16.7 Å². The largest absolute Gasteiger partial charge is 0.224 e. The van der Waals surface area contributed by atoms with Crippen LogP contribution in [0.4, 0.5) is 0 Å². The lowest BCUT2D eigenvalue weighted by molar-refractivity contribution is 0.893. The molecule has 0 radical (unpaired) electrons. The maximum atomic E-state index is 6.00. The van der Waals surface area contributed by atoms with Gasteiger partial charge in [-0.2, -0.15) is 5.10 Å². The Labute approximate surface area is 109 Å². The van der Waals surface area contributed by atoms with E-state index in [0.29, 0.717) is 5.15 Å². The number of rotatable bonds is 2. The summed E-state index contributed by atoms with van der Waals surface area (Å²) >= 11 is 6.00. The molecule has 18 heavy (non-hydrogen) atoms. The molecule has 0 aliphatic heterocycles. The summed E-state index contributed by atoms with van der Waals surface area (Å²) in [5, 5.41) is 5.50. The molecule has 0 fully saturated rings. The van der Waals surface area contributed by atoms with Crippen LogP contribution in [0.1, 0.15) is 12.5 Å². The van der Waals surface area contributed by atoms with Gasteiger partial charge in [-0.1, -0.05) is 30.7 Å². The first kappa shape index (κ1) is 11.2. The predicted molar refractivity (Wildman–Crippen MR) is 71.0 cm³/mol. The zero-order valence-corrected chi connectivity index (χ0v) is 10.6. The number of halogens is 1. The van der Waals surface area contributed by atoms with Gasteiger partial charge >= 0.3 is 0 Å². The van der Waals surface area contributed by atoms with Crippen LogP contribution in [0.2, 0.25) is 5.15 Å². The number of aryl methyl sites for hydroxylation is 1. The standard InChI is InChI=1S/C13H11ClN4/c1-2-9-3-5-10(6-4-9)18-13-11(7-17-18)12(14)15-8-16-13/h3-8H,2H2,1H3. The molecule has 0 unspecified atom stereocenters. The molecule has 0 saturated carbocycles. The van der Waals surface area contributed by atoms with Gasteiger partial charge in [-0.3, -0.25) is 0 Å². The highest BCUT2D eigenvalue weighted by molar-refractivity contribution is 6.33. The summed E-state index contributed by atoms with van der Waals surface area (Å²) in [6, 6.07) is 8.24. The molecule has 5 heteroatoms. The number of hydrogen-bond acceptors (Lipinski definition) is 3. The second-order valence-electron chi connectivity index (χ2n) is 3.98. The maximum Gasteiger partial charge on any atom is 0.167 e. The molecule has 2 aromatic heterocycles. The van der Waals surface area contributed by atoms with Gasteiger partial charge in [0, 0.05) is 0 Å². The summed E-state index contributed by atoms with van der Waals surface area (Å²) in [7, 11) is 0. The third-order valence-electron chi connectivity index (χ3n) is 2.91. The van der Waals surface area contributed by atoms with Gasteiger partial charge in [-0.25, -0.2) is 14.6 Å². The van der Waals surface area contributed by atoms with Crippen molar-refractivity contribution in [1.82, 2.24) is 19.7 Å². The van der Waals surface area contributed by atoms with Crippen LogP contribution in [0.15, 0.2) is 36.8 Å². The summed E-state index contributed by atoms with van der Waals surface area (Å²) < 4.78 is 1.77. The first-order valence-electron chi connectivity index (χ1n) is 5.73. The maximum absolute atomic E-state index is 6.00. The molecule has 0 saturated heterocycles. The van der Waals surface area contributed by atoms with Crippen molar-refractivity contribution < 1.29 is 0 Å². The van der Waals surface area contributed by atoms with Crippen molar-refractivity contribution in [2.45, 2.75) is 13.3 Å². The molecule has 2 heterocycles. The number of aromatic nitrogens is 4. The summed E-state index contributed by atoms with van der Waals surface area (Å²) in [5.41, 5.74) is 2.99. The lowest BCUT2D eigenvalue weighted by Crippen LogP contribution is -1.97. The van der Waals surface area contributed by atoms with Crippen molar-refractivity contribution in [3.8, 4) is 5.69 Å². The molecule has 3 aromatic rings. The monoisotopic (exact) mass is 258 g/mol. The Bertz CT molecular complexity index is 688. The third-order valence-corrected chi connectivity index (χ3v) is 3.21. The first-order valence-corrected chi connectivity index (χ1v) is 6.11. The van der Waals surface area contributed by atoms with E-state index < -0.39 is 0 Å². The Hall–Kier alpha value is -1.94. The fraction of sp³-hybridized carbons (Fsp3) is 0.154. The Kier molecular flexibility index (Phi) is 2.72. The van der Waals surface area contributed by atoms with Gasteiger partial charge in [-0.05, 0) is 24.1 Å². The molecule has 0 aliphatic carbocycles. The highest BCUT2D eigenvalue weighted by atomic mass is 35.5. The fourth-order valence-corrected chi connectivity index (χ4v) is 2.05. The van der Waals surface area contributed by atoms with Gasteiger partial charge in [0.25, 0.3) is 0 Å². The van der Waals surface area contributed by atoms with E-state index in [4.69, 9.17) is 11.6 Å². The van der Waals surface area contributed by atoms with E-state index in [1.165, 1.54) is 11.9 Å². The fourth-order valence-electron chi connectivity index (χ4n) is 1.88. The first-order chi connectivity index (χ1) is 8.79. The molecule has 0 spiro atoms. The van der Waals surface area contributed by atoms with Crippen LogP contribution >= 0.6 is 11.6 Å². The van der Waals surface area contributed by atoms with Gasteiger partial charge in [-0.15, -0.1) is 0 Å². The summed E-state index contributed by atoms with van der Waals surface area (Å²) in [6.07, 6.45) is 4.16. The average Bonchev–Trinajstić information content (AvgIpc) is 2.84. The zero-order valence-electron chi connectivity index (χ0n) is 9.84. The molecule has 0 bridgehead atoms. The molecule has 4 nitrogen and oxygen atoms in total. The van der Waals surface area contributed by atoms with Crippen LogP contribution < -0.4 is 0 Å². The molecular formula is C13H11ClN4. The van der Waals surface area contributed by atoms with E-state index in [2.05, 4.69) is 34.1 Å². The van der Waals surface area contributed by atoms with Crippen molar-refractivity contribution in [2.75, 3.05) is 0 Å². The number of fused-ring (bicyclic) bond motifs is 1. The van der Waals surface area contributed by atoms with Crippen molar-refractivity contribution >= 4 is 22.6 Å². The Balaban J connectivity index is 2.16. The Morgan fingerprint density at radius 2 is 1.94 bits per heavy atom.